The van der Waals surface area contributed by atoms with Gasteiger partial charge < -0.3 is 14.4 Å². The molecule has 2 aromatic carbocycles. The number of methoxy groups -OCH3 is 1. The van der Waals surface area contributed by atoms with Gasteiger partial charge in [0.05, 0.1) is 24.7 Å². The number of nitriles is 1. The van der Waals surface area contributed by atoms with Crippen molar-refractivity contribution in [2.75, 3.05) is 20.2 Å². The third-order valence-corrected chi connectivity index (χ3v) is 6.40. The van der Waals surface area contributed by atoms with Gasteiger partial charge in [-0.3, -0.25) is 4.79 Å². The third kappa shape index (κ3) is 4.45. The van der Waals surface area contributed by atoms with Gasteiger partial charge in [0.15, 0.2) is 11.6 Å². The number of halogens is 1. The Morgan fingerprint density at radius 2 is 2.06 bits per heavy atom. The van der Waals surface area contributed by atoms with E-state index in [2.05, 4.69) is 6.07 Å². The Labute approximate surface area is 186 Å². The number of benzene rings is 2. The number of amides is 1. The molecule has 7 heteroatoms. The molecule has 1 fully saturated rings. The average Bonchev–Trinajstić information content (AvgIpc) is 3.18. The highest BCUT2D eigenvalue weighted by Gasteiger charge is 2.25. The van der Waals surface area contributed by atoms with Crippen molar-refractivity contribution in [3.63, 3.8) is 0 Å². The Bertz CT molecular complexity index is 1080. The summed E-state index contributed by atoms with van der Waals surface area (Å²) in [5, 5.41) is 8.97. The molecule has 2 aliphatic rings. The van der Waals surface area contributed by atoms with Crippen molar-refractivity contribution < 1.29 is 23.5 Å². The predicted molar refractivity (Wildman–Crippen MR) is 115 cm³/mol. The number of aryl methyl sites for hydroxylation is 1. The minimum Gasteiger partial charge on any atom is -0.493 e. The van der Waals surface area contributed by atoms with Gasteiger partial charge in [0.25, 0.3) is 0 Å². The standard InChI is InChI=1S/C25H25FN2O4/c1-31-24-18(5-6-19(14-27)23(24)26)13-22(29)28-10-8-16(9-11-28)2-3-17-4-7-21-20(12-17)15-32-25(21)30/h4-7,12,16H,2-3,8-11,13,15H2,1H3. The summed E-state index contributed by atoms with van der Waals surface area (Å²) in [7, 11) is 1.34. The number of nitrogens with zero attached hydrogens (tertiary/aromatic N) is 2. The van der Waals surface area contributed by atoms with Gasteiger partial charge in [0.2, 0.25) is 5.91 Å². The highest BCUT2D eigenvalue weighted by molar-refractivity contribution is 5.93. The number of likely N-dealkylation sites (tertiary alicyclic amines) is 1. The number of esters is 1. The summed E-state index contributed by atoms with van der Waals surface area (Å²) >= 11 is 0. The molecule has 0 bridgehead atoms. The topological polar surface area (TPSA) is 79.6 Å². The van der Waals surface area contributed by atoms with Crippen LogP contribution < -0.4 is 4.74 Å². The van der Waals surface area contributed by atoms with E-state index in [1.807, 2.05) is 17.0 Å². The van der Waals surface area contributed by atoms with Crippen LogP contribution in [0.2, 0.25) is 0 Å². The molecule has 2 aromatic rings. The Morgan fingerprint density at radius 3 is 2.78 bits per heavy atom. The van der Waals surface area contributed by atoms with E-state index in [1.165, 1.54) is 18.7 Å². The molecule has 0 aliphatic carbocycles. The first-order valence-corrected chi connectivity index (χ1v) is 10.8. The lowest BCUT2D eigenvalue weighted by Gasteiger charge is -2.32. The van der Waals surface area contributed by atoms with E-state index >= 15 is 0 Å². The number of carbonyl (C=O) groups is 2. The van der Waals surface area contributed by atoms with E-state index in [-0.39, 0.29) is 29.6 Å². The van der Waals surface area contributed by atoms with Crippen LogP contribution in [0.25, 0.3) is 0 Å². The summed E-state index contributed by atoms with van der Waals surface area (Å²) in [6, 6.07) is 10.7. The second-order valence-electron chi connectivity index (χ2n) is 8.34. The lowest BCUT2D eigenvalue weighted by molar-refractivity contribution is -0.131. The van der Waals surface area contributed by atoms with Gasteiger partial charge in [-0.15, -0.1) is 0 Å². The van der Waals surface area contributed by atoms with Crippen molar-refractivity contribution >= 4 is 11.9 Å². The van der Waals surface area contributed by atoms with Gasteiger partial charge in [-0.05, 0) is 49.3 Å². The zero-order chi connectivity index (χ0) is 22.7. The molecule has 0 N–H and O–H groups in total. The number of fused-ring (bicyclic) bond motifs is 1. The summed E-state index contributed by atoms with van der Waals surface area (Å²) in [5.74, 6) is -0.526. The number of carbonyl (C=O) groups excluding carboxylic acids is 2. The molecule has 0 aromatic heterocycles. The summed E-state index contributed by atoms with van der Waals surface area (Å²) in [5.41, 5.74) is 3.19. The van der Waals surface area contributed by atoms with E-state index in [9.17, 15) is 14.0 Å². The van der Waals surface area contributed by atoms with Crippen LogP contribution in [0.1, 0.15) is 51.9 Å². The first kappa shape index (κ1) is 21.8. The molecule has 2 heterocycles. The largest absolute Gasteiger partial charge is 0.493 e. The van der Waals surface area contributed by atoms with Gasteiger partial charge in [0, 0.05) is 24.2 Å². The summed E-state index contributed by atoms with van der Waals surface area (Å²) in [4.78, 5) is 26.2. The molecule has 32 heavy (non-hydrogen) atoms. The lowest BCUT2D eigenvalue weighted by Crippen LogP contribution is -2.39. The summed E-state index contributed by atoms with van der Waals surface area (Å²) < 4.78 is 24.5. The van der Waals surface area contributed by atoms with E-state index in [0.717, 1.165) is 31.2 Å². The molecular formula is C25H25FN2O4. The minimum absolute atomic E-state index is 0.0336. The van der Waals surface area contributed by atoms with Crippen molar-refractivity contribution in [3.8, 4) is 11.8 Å². The number of cyclic esters (lactones) is 1. The van der Waals surface area contributed by atoms with Gasteiger partial charge >= 0.3 is 5.97 Å². The molecule has 0 atom stereocenters. The SMILES string of the molecule is COc1c(CC(=O)N2CCC(CCc3ccc4c(c3)COC4=O)CC2)ccc(C#N)c1F. The normalized spacial score (nSPS) is 15.8. The Hall–Kier alpha value is -3.40. The molecule has 2 aliphatic heterocycles. The zero-order valence-electron chi connectivity index (χ0n) is 18.0. The Morgan fingerprint density at radius 1 is 1.28 bits per heavy atom. The van der Waals surface area contributed by atoms with E-state index in [1.54, 1.807) is 12.1 Å². The number of hydrogen-bond acceptors (Lipinski definition) is 5. The zero-order valence-corrected chi connectivity index (χ0v) is 18.0. The molecule has 0 unspecified atom stereocenters. The Balaban J connectivity index is 1.29. The summed E-state index contributed by atoms with van der Waals surface area (Å²) in [6.45, 7) is 1.71. The lowest BCUT2D eigenvalue weighted by atomic mass is 9.89. The number of ether oxygens (including phenoxy) is 2. The average molecular weight is 436 g/mol. The fraction of sp³-hybridized carbons (Fsp3) is 0.400. The van der Waals surface area contributed by atoms with Crippen molar-refractivity contribution in [1.82, 2.24) is 4.90 Å². The smallest absolute Gasteiger partial charge is 0.338 e. The van der Waals surface area contributed by atoms with Crippen LogP contribution >= 0.6 is 0 Å². The molecule has 4 rings (SSSR count). The first-order chi connectivity index (χ1) is 15.5. The van der Waals surface area contributed by atoms with E-state index in [0.29, 0.717) is 36.7 Å². The molecule has 166 valence electrons. The number of piperidine rings is 1. The summed E-state index contributed by atoms with van der Waals surface area (Å²) in [6.07, 6.45) is 3.87. The van der Waals surface area contributed by atoms with Crippen LogP contribution in [0.4, 0.5) is 4.39 Å². The van der Waals surface area contributed by atoms with Crippen LogP contribution in [0.15, 0.2) is 30.3 Å². The molecule has 0 saturated carbocycles. The van der Waals surface area contributed by atoms with Crippen molar-refractivity contribution in [2.24, 2.45) is 5.92 Å². The van der Waals surface area contributed by atoms with E-state index < -0.39 is 5.82 Å². The van der Waals surface area contributed by atoms with Crippen LogP contribution in [0.5, 0.6) is 5.75 Å². The first-order valence-electron chi connectivity index (χ1n) is 10.8. The second-order valence-corrected chi connectivity index (χ2v) is 8.34. The van der Waals surface area contributed by atoms with Crippen molar-refractivity contribution in [3.05, 3.63) is 64.0 Å². The van der Waals surface area contributed by atoms with Crippen LogP contribution in [-0.2, 0) is 29.0 Å². The number of hydrogen-bond donors (Lipinski definition) is 0. The van der Waals surface area contributed by atoms with Gasteiger partial charge in [0.1, 0.15) is 12.7 Å². The van der Waals surface area contributed by atoms with Crippen molar-refractivity contribution in [2.45, 2.75) is 38.7 Å². The number of rotatable bonds is 6. The predicted octanol–water partition coefficient (Wildman–Crippen LogP) is 3.79. The minimum atomic E-state index is -0.721. The Kier molecular flexibility index (Phi) is 6.40. The van der Waals surface area contributed by atoms with Gasteiger partial charge in [-0.25, -0.2) is 9.18 Å². The van der Waals surface area contributed by atoms with Crippen LogP contribution in [0.3, 0.4) is 0 Å². The molecule has 0 radical (unpaired) electrons. The quantitative estimate of drug-likeness (QED) is 0.644. The van der Waals surface area contributed by atoms with Gasteiger partial charge in [-0.2, -0.15) is 5.26 Å². The third-order valence-electron chi connectivity index (χ3n) is 6.40. The molecular weight excluding hydrogens is 411 g/mol. The van der Waals surface area contributed by atoms with Crippen LogP contribution in [0, 0.1) is 23.1 Å². The maximum atomic E-state index is 14.3. The maximum absolute atomic E-state index is 14.3. The fourth-order valence-corrected chi connectivity index (χ4v) is 4.50. The fourth-order valence-electron chi connectivity index (χ4n) is 4.50. The maximum Gasteiger partial charge on any atom is 0.338 e. The highest BCUT2D eigenvalue weighted by atomic mass is 19.1. The second kappa shape index (κ2) is 9.39. The monoisotopic (exact) mass is 436 g/mol. The highest BCUT2D eigenvalue weighted by Crippen LogP contribution is 2.28. The molecule has 6 nitrogen and oxygen atoms in total. The molecule has 0 spiro atoms. The van der Waals surface area contributed by atoms with Gasteiger partial charge in [-0.1, -0.05) is 18.2 Å². The van der Waals surface area contributed by atoms with E-state index in [4.69, 9.17) is 14.7 Å². The van der Waals surface area contributed by atoms with Crippen molar-refractivity contribution in [1.29, 1.82) is 5.26 Å². The molecule has 1 saturated heterocycles. The molecule has 1 amide bonds. The van der Waals surface area contributed by atoms with Crippen LogP contribution in [-0.4, -0.2) is 37.0 Å².